The normalized spacial score (nSPS) is 11.8. The average Bonchev–Trinajstić information content (AvgIpc) is 2.90. The van der Waals surface area contributed by atoms with Gasteiger partial charge in [-0.25, -0.2) is 4.98 Å². The Morgan fingerprint density at radius 1 is 1.50 bits per heavy atom. The molecule has 5 nitrogen and oxygen atoms in total. The van der Waals surface area contributed by atoms with Gasteiger partial charge in [0.15, 0.2) is 0 Å². The van der Waals surface area contributed by atoms with Crippen LogP contribution in [-0.4, -0.2) is 21.3 Å². The summed E-state index contributed by atoms with van der Waals surface area (Å²) >= 11 is 0. The van der Waals surface area contributed by atoms with E-state index < -0.39 is 0 Å². The van der Waals surface area contributed by atoms with Gasteiger partial charge in [0.1, 0.15) is 11.9 Å². The Labute approximate surface area is 106 Å². The summed E-state index contributed by atoms with van der Waals surface area (Å²) in [6.07, 6.45) is 5.30. The van der Waals surface area contributed by atoms with Crippen molar-refractivity contribution >= 4 is 5.82 Å². The van der Waals surface area contributed by atoms with Crippen molar-refractivity contribution in [3.05, 3.63) is 42.4 Å². The van der Waals surface area contributed by atoms with Crippen molar-refractivity contribution < 1.29 is 0 Å². The van der Waals surface area contributed by atoms with Crippen molar-refractivity contribution in [3.63, 3.8) is 0 Å². The monoisotopic (exact) mass is 241 g/mol. The van der Waals surface area contributed by atoms with Crippen molar-refractivity contribution in [3.8, 4) is 6.07 Å². The van der Waals surface area contributed by atoms with Crippen LogP contribution in [0.3, 0.4) is 0 Å². The zero-order valence-corrected chi connectivity index (χ0v) is 10.2. The second-order valence-corrected chi connectivity index (χ2v) is 4.26. The molecule has 1 N–H and O–H groups in total. The molecule has 0 aliphatic carbocycles. The minimum Gasteiger partial charge on any atom is -0.370 e. The molecule has 92 valence electrons. The molecule has 5 heteroatoms. The van der Waals surface area contributed by atoms with Gasteiger partial charge in [0.05, 0.1) is 5.56 Å². The summed E-state index contributed by atoms with van der Waals surface area (Å²) in [5.74, 6) is 1.24. The first-order chi connectivity index (χ1) is 8.78. The number of pyridine rings is 1. The number of nitriles is 1. The number of aromatic nitrogens is 3. The quantitative estimate of drug-likeness (QED) is 0.868. The highest BCUT2D eigenvalue weighted by atomic mass is 15.3. The van der Waals surface area contributed by atoms with Crippen molar-refractivity contribution in [2.24, 2.45) is 5.92 Å². The number of rotatable bonds is 5. The maximum Gasteiger partial charge on any atom is 0.125 e. The second-order valence-electron chi connectivity index (χ2n) is 4.26. The predicted octanol–water partition coefficient (Wildman–Crippen LogP) is 1.90. The third kappa shape index (κ3) is 3.32. The van der Waals surface area contributed by atoms with Crippen LogP contribution in [0.4, 0.5) is 5.82 Å². The molecule has 0 aromatic carbocycles. The summed E-state index contributed by atoms with van der Waals surface area (Å²) < 4.78 is 1.92. The van der Waals surface area contributed by atoms with Crippen molar-refractivity contribution in [2.75, 3.05) is 11.9 Å². The summed E-state index contributed by atoms with van der Waals surface area (Å²) in [6, 6.07) is 7.54. The van der Waals surface area contributed by atoms with Crippen LogP contribution in [-0.2, 0) is 6.54 Å². The van der Waals surface area contributed by atoms with Gasteiger partial charge in [-0.05, 0) is 24.1 Å². The van der Waals surface area contributed by atoms with Crippen LogP contribution in [0.2, 0.25) is 0 Å². The van der Waals surface area contributed by atoms with Crippen LogP contribution in [0, 0.1) is 17.2 Å². The summed E-state index contributed by atoms with van der Waals surface area (Å²) in [5.41, 5.74) is 0.574. The minimum absolute atomic E-state index is 0.447. The first kappa shape index (κ1) is 12.1. The zero-order valence-electron chi connectivity index (χ0n) is 10.2. The molecule has 1 atom stereocenters. The highest BCUT2D eigenvalue weighted by Crippen LogP contribution is 2.06. The van der Waals surface area contributed by atoms with Crippen LogP contribution in [0.15, 0.2) is 36.8 Å². The number of nitrogens with one attached hydrogen (secondary N) is 1. The summed E-state index contributed by atoms with van der Waals surface area (Å²) in [7, 11) is 0. The molecule has 0 aliphatic heterocycles. The first-order valence-electron chi connectivity index (χ1n) is 5.85. The van der Waals surface area contributed by atoms with Gasteiger partial charge in [0, 0.05) is 31.7 Å². The smallest absolute Gasteiger partial charge is 0.125 e. The number of anilines is 1. The Morgan fingerprint density at radius 2 is 2.39 bits per heavy atom. The molecule has 2 heterocycles. The van der Waals surface area contributed by atoms with Crippen molar-refractivity contribution in [2.45, 2.75) is 13.5 Å². The standard InChI is InChI=1S/C13H15N5/c1-11(10-18-6-2-5-17-18)8-15-13-4-3-12(7-14)9-16-13/h2-6,9,11H,8,10H2,1H3,(H,15,16). The molecule has 0 amide bonds. The fourth-order valence-corrected chi connectivity index (χ4v) is 1.64. The summed E-state index contributed by atoms with van der Waals surface area (Å²) in [5, 5.41) is 16.1. The Bertz CT molecular complexity index is 509. The van der Waals surface area contributed by atoms with E-state index >= 15 is 0 Å². The summed E-state index contributed by atoms with van der Waals surface area (Å²) in [6.45, 7) is 3.84. The number of hydrogen-bond donors (Lipinski definition) is 1. The Kier molecular flexibility index (Phi) is 3.92. The molecule has 0 fully saturated rings. The van der Waals surface area contributed by atoms with Gasteiger partial charge >= 0.3 is 0 Å². The van der Waals surface area contributed by atoms with Crippen LogP contribution >= 0.6 is 0 Å². The lowest BCUT2D eigenvalue weighted by Crippen LogP contribution is -2.17. The van der Waals surface area contributed by atoms with Gasteiger partial charge in [-0.15, -0.1) is 0 Å². The zero-order chi connectivity index (χ0) is 12.8. The number of hydrogen-bond acceptors (Lipinski definition) is 4. The fourth-order valence-electron chi connectivity index (χ4n) is 1.64. The van der Waals surface area contributed by atoms with E-state index in [4.69, 9.17) is 5.26 Å². The third-order valence-electron chi connectivity index (χ3n) is 2.58. The second kappa shape index (κ2) is 5.82. The Morgan fingerprint density at radius 3 is 3.00 bits per heavy atom. The van der Waals surface area contributed by atoms with E-state index in [9.17, 15) is 0 Å². The Hall–Kier alpha value is -2.35. The molecule has 0 aliphatic rings. The molecule has 2 rings (SSSR count). The highest BCUT2D eigenvalue weighted by Gasteiger charge is 2.03. The largest absolute Gasteiger partial charge is 0.370 e. The van der Waals surface area contributed by atoms with Crippen molar-refractivity contribution in [1.82, 2.24) is 14.8 Å². The molecule has 0 saturated heterocycles. The average molecular weight is 241 g/mol. The fraction of sp³-hybridized carbons (Fsp3) is 0.308. The SMILES string of the molecule is CC(CNc1ccc(C#N)cn1)Cn1cccn1. The number of nitrogens with zero attached hydrogens (tertiary/aromatic N) is 4. The van der Waals surface area contributed by atoms with Gasteiger partial charge in [-0.1, -0.05) is 6.92 Å². The molecule has 0 spiro atoms. The van der Waals surface area contributed by atoms with E-state index in [-0.39, 0.29) is 0 Å². The molecule has 0 saturated carbocycles. The van der Waals surface area contributed by atoms with E-state index in [2.05, 4.69) is 22.3 Å². The van der Waals surface area contributed by atoms with Crippen LogP contribution in [0.25, 0.3) is 0 Å². The van der Waals surface area contributed by atoms with Gasteiger partial charge in [0.2, 0.25) is 0 Å². The molecule has 1 unspecified atom stereocenters. The highest BCUT2D eigenvalue weighted by molar-refractivity contribution is 5.38. The maximum atomic E-state index is 8.67. The summed E-state index contributed by atoms with van der Waals surface area (Å²) in [4.78, 5) is 4.16. The predicted molar refractivity (Wildman–Crippen MR) is 68.8 cm³/mol. The lowest BCUT2D eigenvalue weighted by atomic mass is 10.2. The van der Waals surface area contributed by atoms with Gasteiger partial charge in [-0.2, -0.15) is 10.4 Å². The van der Waals surface area contributed by atoms with Crippen LogP contribution in [0.5, 0.6) is 0 Å². The van der Waals surface area contributed by atoms with Crippen molar-refractivity contribution in [1.29, 1.82) is 5.26 Å². The maximum absolute atomic E-state index is 8.67. The first-order valence-corrected chi connectivity index (χ1v) is 5.85. The van der Waals surface area contributed by atoms with Gasteiger partial charge in [-0.3, -0.25) is 4.68 Å². The van der Waals surface area contributed by atoms with E-state index in [0.717, 1.165) is 18.9 Å². The Balaban J connectivity index is 1.81. The van der Waals surface area contributed by atoms with Crippen LogP contribution in [0.1, 0.15) is 12.5 Å². The van der Waals surface area contributed by atoms with Crippen LogP contribution < -0.4 is 5.32 Å². The van der Waals surface area contributed by atoms with E-state index in [0.29, 0.717) is 11.5 Å². The molecule has 2 aromatic rings. The molecule has 18 heavy (non-hydrogen) atoms. The van der Waals surface area contributed by atoms with E-state index in [1.807, 2.05) is 29.1 Å². The van der Waals surface area contributed by atoms with E-state index in [1.165, 1.54) is 0 Å². The minimum atomic E-state index is 0.447. The third-order valence-corrected chi connectivity index (χ3v) is 2.58. The molecule has 2 aromatic heterocycles. The molecule has 0 bridgehead atoms. The van der Waals surface area contributed by atoms with Gasteiger partial charge < -0.3 is 5.32 Å². The molecular weight excluding hydrogens is 226 g/mol. The lowest BCUT2D eigenvalue weighted by molar-refractivity contribution is 0.467. The van der Waals surface area contributed by atoms with E-state index in [1.54, 1.807) is 18.5 Å². The lowest BCUT2D eigenvalue weighted by Gasteiger charge is -2.13. The molecular formula is C13H15N5. The molecule has 0 radical (unpaired) electrons. The topological polar surface area (TPSA) is 66.5 Å². The van der Waals surface area contributed by atoms with Gasteiger partial charge in [0.25, 0.3) is 0 Å².